The Morgan fingerprint density at radius 1 is 1.25 bits per heavy atom. The summed E-state index contributed by atoms with van der Waals surface area (Å²) in [5.74, 6) is 0.154. The summed E-state index contributed by atoms with van der Waals surface area (Å²) < 4.78 is 25.8. The van der Waals surface area contributed by atoms with Gasteiger partial charge in [0.05, 0.1) is 11.2 Å². The number of halogens is 1. The lowest BCUT2D eigenvalue weighted by Gasteiger charge is -2.32. The molecule has 2 rings (SSSR count). The molecule has 6 heteroatoms. The lowest BCUT2D eigenvalue weighted by atomic mass is 9.78. The van der Waals surface area contributed by atoms with Crippen molar-refractivity contribution in [3.8, 4) is 0 Å². The van der Waals surface area contributed by atoms with Crippen molar-refractivity contribution in [3.63, 3.8) is 0 Å². The largest absolute Gasteiger partial charge is 0.491 e. The van der Waals surface area contributed by atoms with E-state index in [4.69, 9.17) is 9.31 Å². The quantitative estimate of drug-likeness (QED) is 0.753. The summed E-state index contributed by atoms with van der Waals surface area (Å²) in [6, 6.07) is 4.66. The summed E-state index contributed by atoms with van der Waals surface area (Å²) in [5.41, 5.74) is 1.62. The van der Waals surface area contributed by atoms with E-state index in [1.807, 2.05) is 40.7 Å². The molecule has 0 atom stereocenters. The van der Waals surface area contributed by atoms with Gasteiger partial charge < -0.3 is 9.31 Å². The highest BCUT2D eigenvalue weighted by atomic mass is 32.2. The Balaban J connectivity index is 2.37. The van der Waals surface area contributed by atoms with Crippen molar-refractivity contribution in [2.24, 2.45) is 0 Å². The predicted molar refractivity (Wildman–Crippen MR) is 98.3 cm³/mol. The second-order valence-electron chi connectivity index (χ2n) is 7.09. The summed E-state index contributed by atoms with van der Waals surface area (Å²) in [6.07, 6.45) is 1.87. The van der Waals surface area contributed by atoms with Gasteiger partial charge >= 0.3 is 7.12 Å². The van der Waals surface area contributed by atoms with Crippen LogP contribution in [0.15, 0.2) is 23.7 Å². The Bertz CT molecular complexity index is 654. The van der Waals surface area contributed by atoms with E-state index in [9.17, 15) is 9.18 Å². The molecule has 1 fully saturated rings. The average Bonchev–Trinajstić information content (AvgIpc) is 2.66. The van der Waals surface area contributed by atoms with Crippen molar-refractivity contribution in [1.29, 1.82) is 0 Å². The molecule has 0 saturated carbocycles. The molecule has 0 amide bonds. The first-order valence-electron chi connectivity index (χ1n) is 7.97. The summed E-state index contributed by atoms with van der Waals surface area (Å²) in [5, 5.41) is 0.0216. The maximum atomic E-state index is 13.6. The molecule has 24 heavy (non-hydrogen) atoms. The van der Waals surface area contributed by atoms with Gasteiger partial charge in [0.2, 0.25) is 0 Å². The van der Waals surface area contributed by atoms with Crippen molar-refractivity contribution in [1.82, 2.24) is 0 Å². The van der Waals surface area contributed by atoms with Gasteiger partial charge in [0.25, 0.3) is 0 Å². The molecule has 1 heterocycles. The van der Waals surface area contributed by atoms with Crippen LogP contribution >= 0.6 is 11.8 Å². The van der Waals surface area contributed by atoms with E-state index in [-0.39, 0.29) is 10.9 Å². The molecule has 0 radical (unpaired) electrons. The Morgan fingerprint density at radius 2 is 1.83 bits per heavy atom. The minimum atomic E-state index is -0.551. The summed E-state index contributed by atoms with van der Waals surface area (Å²) in [7, 11) is -0.551. The highest BCUT2D eigenvalue weighted by Gasteiger charge is 2.52. The monoisotopic (exact) mass is 350 g/mol. The molecule has 1 aliphatic rings. The second kappa shape index (κ2) is 7.02. The number of carbonyl (C=O) groups excluding carboxylic acids is 1. The van der Waals surface area contributed by atoms with Crippen LogP contribution in [0.25, 0.3) is 6.08 Å². The minimum absolute atomic E-state index is 0.0216. The molecule has 130 valence electrons. The summed E-state index contributed by atoms with van der Waals surface area (Å²) in [4.78, 5) is 11.4. The zero-order valence-corrected chi connectivity index (χ0v) is 15.9. The maximum Gasteiger partial charge on any atom is 0.491 e. The second-order valence-corrected chi connectivity index (χ2v) is 8.24. The van der Waals surface area contributed by atoms with Gasteiger partial charge in [0, 0.05) is 12.7 Å². The minimum Gasteiger partial charge on any atom is -0.400 e. The van der Waals surface area contributed by atoms with Crippen LogP contribution in [0.4, 0.5) is 4.39 Å². The fraction of sp³-hybridized carbons (Fsp3) is 0.500. The third-order valence-corrected chi connectivity index (χ3v) is 5.46. The van der Waals surface area contributed by atoms with Crippen LogP contribution in [-0.4, -0.2) is 29.2 Å². The Kier molecular flexibility index (Phi) is 5.62. The Labute approximate surface area is 148 Å². The smallest absolute Gasteiger partial charge is 0.400 e. The van der Waals surface area contributed by atoms with Gasteiger partial charge in [-0.1, -0.05) is 23.9 Å². The molecule has 1 aliphatic heterocycles. The number of hydrogen-bond donors (Lipinski definition) is 0. The number of carbonyl (C=O) groups is 1. The van der Waals surface area contributed by atoms with Crippen LogP contribution < -0.4 is 0 Å². The van der Waals surface area contributed by atoms with E-state index >= 15 is 0 Å². The molecule has 0 bridgehead atoms. The molecule has 0 aliphatic carbocycles. The van der Waals surface area contributed by atoms with E-state index in [0.717, 1.165) is 16.6 Å². The first-order chi connectivity index (χ1) is 11.0. The van der Waals surface area contributed by atoms with Gasteiger partial charge in [-0.15, -0.1) is 0 Å². The van der Waals surface area contributed by atoms with Gasteiger partial charge in [-0.2, -0.15) is 0 Å². The Morgan fingerprint density at radius 3 is 2.38 bits per heavy atom. The molecule has 0 aromatic heterocycles. The van der Waals surface area contributed by atoms with Gasteiger partial charge in [-0.05, 0) is 63.4 Å². The zero-order chi connectivity index (χ0) is 18.1. The number of aryl methyl sites for hydroxylation is 1. The third-order valence-electron chi connectivity index (χ3n) is 4.58. The van der Waals surface area contributed by atoms with E-state index in [1.165, 1.54) is 30.8 Å². The lowest BCUT2D eigenvalue weighted by molar-refractivity contribution is -0.109. The number of thioether (sulfide) groups is 1. The summed E-state index contributed by atoms with van der Waals surface area (Å²) >= 11 is 1.19. The van der Waals surface area contributed by atoms with Gasteiger partial charge in [-0.25, -0.2) is 4.39 Å². The van der Waals surface area contributed by atoms with Crippen LogP contribution in [0, 0.1) is 12.7 Å². The van der Waals surface area contributed by atoms with Crippen LogP contribution in [0.1, 0.15) is 45.7 Å². The molecule has 0 unspecified atom stereocenters. The van der Waals surface area contributed by atoms with Crippen molar-refractivity contribution in [2.75, 3.05) is 5.75 Å². The predicted octanol–water partition coefficient (Wildman–Crippen LogP) is 4.43. The number of hydrogen-bond acceptors (Lipinski definition) is 4. The van der Waals surface area contributed by atoms with Gasteiger partial charge in [0.15, 0.2) is 5.12 Å². The molecule has 1 aromatic rings. The molecular formula is C18H24BFO3S. The van der Waals surface area contributed by atoms with E-state index in [1.54, 1.807) is 6.07 Å². The van der Waals surface area contributed by atoms with Crippen LogP contribution in [-0.2, 0) is 14.1 Å². The topological polar surface area (TPSA) is 35.5 Å². The SMILES string of the molecule is CC(=O)SCC(=Cc1cc(F)ccc1C)B1OC(C)(C)C(C)(C)O1. The van der Waals surface area contributed by atoms with E-state index < -0.39 is 18.3 Å². The highest BCUT2D eigenvalue weighted by Crippen LogP contribution is 2.39. The normalized spacial score (nSPS) is 19.6. The van der Waals surface area contributed by atoms with E-state index in [2.05, 4.69) is 0 Å². The number of rotatable bonds is 4. The number of benzene rings is 1. The van der Waals surface area contributed by atoms with Gasteiger partial charge in [0.1, 0.15) is 5.82 Å². The van der Waals surface area contributed by atoms with Crippen molar-refractivity contribution in [2.45, 2.75) is 52.7 Å². The standard InChI is InChI=1S/C18H24BFO3S/c1-12-7-8-16(20)10-14(12)9-15(11-24-13(2)21)19-22-17(3,4)18(5,6)23-19/h7-10H,11H2,1-6H3. The zero-order valence-electron chi connectivity index (χ0n) is 15.1. The summed E-state index contributed by atoms with van der Waals surface area (Å²) in [6.45, 7) is 11.4. The molecular weight excluding hydrogens is 326 g/mol. The van der Waals surface area contributed by atoms with Crippen LogP contribution in [0.3, 0.4) is 0 Å². The fourth-order valence-electron chi connectivity index (χ4n) is 2.32. The lowest BCUT2D eigenvalue weighted by Crippen LogP contribution is -2.41. The maximum absolute atomic E-state index is 13.6. The average molecular weight is 350 g/mol. The molecule has 0 spiro atoms. The first-order valence-corrected chi connectivity index (χ1v) is 8.96. The molecule has 3 nitrogen and oxygen atoms in total. The van der Waals surface area contributed by atoms with Crippen LogP contribution in [0.2, 0.25) is 0 Å². The van der Waals surface area contributed by atoms with E-state index in [0.29, 0.717) is 5.75 Å². The Hall–Kier alpha value is -1.11. The molecule has 1 aromatic carbocycles. The van der Waals surface area contributed by atoms with Crippen LogP contribution in [0.5, 0.6) is 0 Å². The molecule has 0 N–H and O–H groups in total. The fourth-order valence-corrected chi connectivity index (χ4v) is 2.91. The van der Waals surface area contributed by atoms with Crippen molar-refractivity contribution < 1.29 is 18.5 Å². The van der Waals surface area contributed by atoms with Crippen molar-refractivity contribution >= 4 is 30.1 Å². The molecule has 1 saturated heterocycles. The van der Waals surface area contributed by atoms with Crippen molar-refractivity contribution in [3.05, 3.63) is 40.6 Å². The third kappa shape index (κ3) is 4.29. The first kappa shape index (κ1) is 19.2. The van der Waals surface area contributed by atoms with Gasteiger partial charge in [-0.3, -0.25) is 4.79 Å². The highest BCUT2D eigenvalue weighted by molar-refractivity contribution is 8.13.